The standard InChI is InChI=1S/C26H31N5O4/c1-16-14-20(17(2)27-22-9-7-6-8-19(22)25(34)35-5)23-21(15-16)24(33)29(4)26(28-23)31-12-10-30(11-13-31)18(3)32/h6-9,14-15,17,27H,10-13H2,1-5H3. The van der Waals surface area contributed by atoms with Gasteiger partial charge in [-0.3, -0.25) is 14.2 Å². The van der Waals surface area contributed by atoms with Gasteiger partial charge in [0.25, 0.3) is 5.56 Å². The molecule has 0 spiro atoms. The second kappa shape index (κ2) is 9.77. The Balaban J connectivity index is 1.76. The van der Waals surface area contributed by atoms with E-state index in [2.05, 4.69) is 10.2 Å². The SMILES string of the molecule is COC(=O)c1ccccc1NC(C)c1cc(C)cc2c(=O)n(C)c(N3CCN(C(C)=O)CC3)nc12. The van der Waals surface area contributed by atoms with Crippen molar-refractivity contribution in [3.63, 3.8) is 0 Å². The molecule has 184 valence electrons. The number of piperazine rings is 1. The molecule has 1 aliphatic rings. The van der Waals surface area contributed by atoms with Crippen molar-refractivity contribution in [2.45, 2.75) is 26.8 Å². The third-order valence-corrected chi connectivity index (χ3v) is 6.51. The maximum absolute atomic E-state index is 13.4. The Kier molecular flexibility index (Phi) is 6.77. The molecule has 9 heteroatoms. The van der Waals surface area contributed by atoms with Crippen LogP contribution in [0, 0.1) is 6.92 Å². The number of carbonyl (C=O) groups excluding carboxylic acids is 2. The molecule has 1 fully saturated rings. The molecule has 9 nitrogen and oxygen atoms in total. The number of ether oxygens (including phenoxy) is 1. The van der Waals surface area contributed by atoms with E-state index in [1.54, 1.807) is 35.6 Å². The monoisotopic (exact) mass is 477 g/mol. The number of anilines is 2. The molecular formula is C26H31N5O4. The highest BCUT2D eigenvalue weighted by molar-refractivity contribution is 5.95. The molecule has 1 amide bonds. The summed E-state index contributed by atoms with van der Waals surface area (Å²) >= 11 is 0. The summed E-state index contributed by atoms with van der Waals surface area (Å²) in [6, 6.07) is 10.8. The fourth-order valence-electron chi connectivity index (χ4n) is 4.58. The first-order valence-corrected chi connectivity index (χ1v) is 11.7. The topological polar surface area (TPSA) is 96.8 Å². The number of hydrogen-bond donors (Lipinski definition) is 1. The molecule has 1 aromatic heterocycles. The first-order chi connectivity index (χ1) is 16.7. The van der Waals surface area contributed by atoms with Crippen LogP contribution in [0.2, 0.25) is 0 Å². The van der Waals surface area contributed by atoms with Gasteiger partial charge in [0.2, 0.25) is 11.9 Å². The lowest BCUT2D eigenvalue weighted by Gasteiger charge is -2.35. The van der Waals surface area contributed by atoms with Crippen molar-refractivity contribution in [1.82, 2.24) is 14.5 Å². The van der Waals surface area contributed by atoms with Crippen LogP contribution in [0.25, 0.3) is 10.9 Å². The van der Waals surface area contributed by atoms with E-state index in [0.717, 1.165) is 11.1 Å². The number of esters is 1. The third kappa shape index (κ3) is 4.71. The van der Waals surface area contributed by atoms with Crippen molar-refractivity contribution in [1.29, 1.82) is 0 Å². The molecule has 2 heterocycles. The zero-order valence-electron chi connectivity index (χ0n) is 20.8. The number of rotatable bonds is 5. The number of aromatic nitrogens is 2. The number of nitrogens with zero attached hydrogens (tertiary/aromatic N) is 4. The van der Waals surface area contributed by atoms with Crippen molar-refractivity contribution in [2.75, 3.05) is 43.5 Å². The van der Waals surface area contributed by atoms with Crippen molar-refractivity contribution < 1.29 is 14.3 Å². The number of aryl methyl sites for hydroxylation is 1. The van der Waals surface area contributed by atoms with E-state index in [0.29, 0.717) is 54.3 Å². The van der Waals surface area contributed by atoms with Crippen molar-refractivity contribution in [3.05, 3.63) is 63.4 Å². The number of amides is 1. The molecule has 0 aliphatic carbocycles. The first-order valence-electron chi connectivity index (χ1n) is 11.7. The average Bonchev–Trinajstić information content (AvgIpc) is 2.86. The Hall–Kier alpha value is -3.88. The van der Waals surface area contributed by atoms with Gasteiger partial charge in [0.15, 0.2) is 0 Å². The molecule has 0 bridgehead atoms. The second-order valence-corrected chi connectivity index (χ2v) is 8.92. The summed E-state index contributed by atoms with van der Waals surface area (Å²) in [5.74, 6) is 0.209. The van der Waals surface area contributed by atoms with Gasteiger partial charge < -0.3 is 19.9 Å². The molecule has 1 atom stereocenters. The highest BCUT2D eigenvalue weighted by atomic mass is 16.5. The van der Waals surface area contributed by atoms with Gasteiger partial charge in [-0.05, 0) is 37.6 Å². The van der Waals surface area contributed by atoms with Crippen LogP contribution in [0.4, 0.5) is 11.6 Å². The van der Waals surface area contributed by atoms with Crippen molar-refractivity contribution >= 4 is 34.4 Å². The Bertz CT molecular complexity index is 1340. The van der Waals surface area contributed by atoms with Gasteiger partial charge in [-0.15, -0.1) is 0 Å². The van der Waals surface area contributed by atoms with Crippen molar-refractivity contribution in [2.24, 2.45) is 7.05 Å². The van der Waals surface area contributed by atoms with Gasteiger partial charge in [-0.25, -0.2) is 9.78 Å². The van der Waals surface area contributed by atoms with Gasteiger partial charge in [0, 0.05) is 51.4 Å². The first kappa shape index (κ1) is 24.3. The lowest BCUT2D eigenvalue weighted by Crippen LogP contribution is -2.49. The van der Waals surface area contributed by atoms with Gasteiger partial charge in [0.1, 0.15) is 0 Å². The number of benzene rings is 2. The number of fused-ring (bicyclic) bond motifs is 1. The lowest BCUT2D eigenvalue weighted by molar-refractivity contribution is -0.129. The minimum atomic E-state index is -0.423. The van der Waals surface area contributed by atoms with Crippen LogP contribution in [0.5, 0.6) is 0 Å². The number of hydrogen-bond acceptors (Lipinski definition) is 7. The van der Waals surface area contributed by atoms with Crippen LogP contribution >= 0.6 is 0 Å². The normalized spacial score (nSPS) is 14.7. The zero-order chi connectivity index (χ0) is 25.3. The largest absolute Gasteiger partial charge is 0.465 e. The average molecular weight is 478 g/mol. The molecule has 4 rings (SSSR count). The zero-order valence-corrected chi connectivity index (χ0v) is 20.8. The van der Waals surface area contributed by atoms with E-state index in [4.69, 9.17) is 9.72 Å². The molecule has 0 saturated carbocycles. The molecular weight excluding hydrogens is 446 g/mol. The summed E-state index contributed by atoms with van der Waals surface area (Å²) < 4.78 is 6.51. The van der Waals surface area contributed by atoms with E-state index in [9.17, 15) is 14.4 Å². The smallest absolute Gasteiger partial charge is 0.339 e. The molecule has 2 aromatic carbocycles. The fraction of sp³-hybridized carbons (Fsp3) is 0.385. The highest BCUT2D eigenvalue weighted by Crippen LogP contribution is 2.29. The van der Waals surface area contributed by atoms with Gasteiger partial charge in [-0.2, -0.15) is 0 Å². The number of para-hydroxylation sites is 1. The van der Waals surface area contributed by atoms with Crippen LogP contribution < -0.4 is 15.8 Å². The maximum Gasteiger partial charge on any atom is 0.339 e. The van der Waals surface area contributed by atoms with E-state index < -0.39 is 5.97 Å². The van der Waals surface area contributed by atoms with Gasteiger partial charge >= 0.3 is 5.97 Å². The second-order valence-electron chi connectivity index (χ2n) is 8.92. The predicted octanol–water partition coefficient (Wildman–Crippen LogP) is 2.87. The Labute approximate surface area is 204 Å². The molecule has 1 unspecified atom stereocenters. The summed E-state index contributed by atoms with van der Waals surface area (Å²) in [5.41, 5.74) is 3.40. The van der Waals surface area contributed by atoms with Crippen LogP contribution in [-0.2, 0) is 16.6 Å². The summed E-state index contributed by atoms with van der Waals surface area (Å²) in [7, 11) is 3.09. The van der Waals surface area contributed by atoms with Crippen LogP contribution in [0.15, 0.2) is 41.2 Å². The molecule has 0 radical (unpaired) electrons. The lowest BCUT2D eigenvalue weighted by atomic mass is 10.0. The summed E-state index contributed by atoms with van der Waals surface area (Å²) in [6.07, 6.45) is 0. The van der Waals surface area contributed by atoms with E-state index in [1.165, 1.54) is 7.11 Å². The molecule has 1 saturated heterocycles. The molecule has 35 heavy (non-hydrogen) atoms. The van der Waals surface area contributed by atoms with E-state index in [1.807, 2.05) is 38.1 Å². The quantitative estimate of drug-likeness (QED) is 0.565. The Morgan fingerprint density at radius 1 is 1.11 bits per heavy atom. The van der Waals surface area contributed by atoms with E-state index in [-0.39, 0.29) is 17.5 Å². The van der Waals surface area contributed by atoms with E-state index >= 15 is 0 Å². The fourth-order valence-corrected chi connectivity index (χ4v) is 4.58. The Morgan fingerprint density at radius 2 is 1.80 bits per heavy atom. The Morgan fingerprint density at radius 3 is 2.46 bits per heavy atom. The minimum absolute atomic E-state index is 0.0508. The minimum Gasteiger partial charge on any atom is -0.465 e. The maximum atomic E-state index is 13.4. The highest BCUT2D eigenvalue weighted by Gasteiger charge is 2.24. The van der Waals surface area contributed by atoms with Crippen LogP contribution in [0.1, 0.15) is 41.4 Å². The number of nitrogens with one attached hydrogen (secondary N) is 1. The van der Waals surface area contributed by atoms with Gasteiger partial charge in [-0.1, -0.05) is 18.2 Å². The van der Waals surface area contributed by atoms with Crippen molar-refractivity contribution in [3.8, 4) is 0 Å². The van der Waals surface area contributed by atoms with Crippen LogP contribution in [-0.4, -0.2) is 59.6 Å². The van der Waals surface area contributed by atoms with Crippen LogP contribution in [0.3, 0.4) is 0 Å². The molecule has 1 N–H and O–H groups in total. The summed E-state index contributed by atoms with van der Waals surface area (Å²) in [5, 5.41) is 3.95. The molecule has 1 aliphatic heterocycles. The summed E-state index contributed by atoms with van der Waals surface area (Å²) in [4.78, 5) is 46.2. The predicted molar refractivity (Wildman–Crippen MR) is 136 cm³/mol. The number of methoxy groups -OCH3 is 1. The summed E-state index contributed by atoms with van der Waals surface area (Å²) in [6.45, 7) is 7.89. The number of carbonyl (C=O) groups is 2. The molecule has 3 aromatic rings. The third-order valence-electron chi connectivity index (χ3n) is 6.51. The van der Waals surface area contributed by atoms with Gasteiger partial charge in [0.05, 0.1) is 29.6 Å².